The van der Waals surface area contributed by atoms with Crippen molar-refractivity contribution in [3.8, 4) is 0 Å². The Labute approximate surface area is 167 Å². The standard InChI is InChI=1S/C21H27FN2O3.CH4/c1-4-8-19(5-2)27-15-16-13-24(14-16)21(25)12-18(23-26-3)11-17-9-6-7-10-20(17)22;/h4-10,16,18,23H,1-2,11-15H2,3H3;1H4/b19-8+;. The van der Waals surface area contributed by atoms with E-state index in [0.717, 1.165) is 0 Å². The van der Waals surface area contributed by atoms with Gasteiger partial charge in [0.15, 0.2) is 0 Å². The number of carbonyl (C=O) groups is 1. The fraction of sp³-hybridized carbons (Fsp3) is 0.409. The largest absolute Gasteiger partial charge is 0.493 e. The first-order valence-electron chi connectivity index (χ1n) is 8.95. The van der Waals surface area contributed by atoms with Gasteiger partial charge in [0.25, 0.3) is 0 Å². The highest BCUT2D eigenvalue weighted by atomic mass is 19.1. The monoisotopic (exact) mass is 390 g/mol. The molecule has 1 aliphatic heterocycles. The molecule has 28 heavy (non-hydrogen) atoms. The highest BCUT2D eigenvalue weighted by molar-refractivity contribution is 5.77. The number of likely N-dealkylation sites (tertiary alicyclic amines) is 1. The van der Waals surface area contributed by atoms with E-state index in [1.165, 1.54) is 13.2 Å². The maximum Gasteiger partial charge on any atom is 0.224 e. The molecule has 1 atom stereocenters. The number of ether oxygens (including phenoxy) is 1. The Hall–Kier alpha value is -2.44. The van der Waals surface area contributed by atoms with Crippen molar-refractivity contribution in [2.45, 2.75) is 26.3 Å². The molecule has 1 aromatic carbocycles. The van der Waals surface area contributed by atoms with Gasteiger partial charge in [0, 0.05) is 31.5 Å². The van der Waals surface area contributed by atoms with Crippen LogP contribution in [0.4, 0.5) is 4.39 Å². The lowest BCUT2D eigenvalue weighted by Crippen LogP contribution is -2.53. The normalized spacial score (nSPS) is 15.2. The summed E-state index contributed by atoms with van der Waals surface area (Å²) >= 11 is 0. The second-order valence-electron chi connectivity index (χ2n) is 6.50. The lowest BCUT2D eigenvalue weighted by atomic mass is 9.98. The molecule has 0 aliphatic carbocycles. The van der Waals surface area contributed by atoms with Crippen molar-refractivity contribution in [3.05, 3.63) is 72.8 Å². The number of hydrogen-bond donors (Lipinski definition) is 1. The van der Waals surface area contributed by atoms with Crippen molar-refractivity contribution < 1.29 is 18.8 Å². The molecule has 0 saturated carbocycles. The van der Waals surface area contributed by atoms with Crippen molar-refractivity contribution in [1.82, 2.24) is 10.4 Å². The van der Waals surface area contributed by atoms with Crippen LogP contribution >= 0.6 is 0 Å². The number of rotatable bonds is 11. The number of amides is 1. The van der Waals surface area contributed by atoms with Crippen molar-refractivity contribution in [2.75, 3.05) is 26.8 Å². The third kappa shape index (κ3) is 6.94. The zero-order chi connectivity index (χ0) is 19.6. The van der Waals surface area contributed by atoms with E-state index in [-0.39, 0.29) is 31.6 Å². The molecule has 0 bridgehead atoms. The van der Waals surface area contributed by atoms with Crippen LogP contribution in [0.5, 0.6) is 0 Å². The smallest absolute Gasteiger partial charge is 0.224 e. The van der Waals surface area contributed by atoms with E-state index in [0.29, 0.717) is 43.4 Å². The molecule has 1 aliphatic rings. The van der Waals surface area contributed by atoms with E-state index in [1.807, 2.05) is 0 Å². The molecule has 1 heterocycles. The van der Waals surface area contributed by atoms with Gasteiger partial charge in [-0.05, 0) is 30.2 Å². The number of allylic oxidation sites excluding steroid dienone is 3. The van der Waals surface area contributed by atoms with Gasteiger partial charge in [-0.25, -0.2) is 4.39 Å². The van der Waals surface area contributed by atoms with E-state index in [1.54, 1.807) is 41.3 Å². The maximum absolute atomic E-state index is 13.9. The first-order chi connectivity index (χ1) is 13.1. The summed E-state index contributed by atoms with van der Waals surface area (Å²) in [6, 6.07) is 6.27. The number of benzene rings is 1. The van der Waals surface area contributed by atoms with Crippen LogP contribution < -0.4 is 5.48 Å². The number of hydroxylamine groups is 1. The van der Waals surface area contributed by atoms with Gasteiger partial charge in [-0.1, -0.05) is 44.9 Å². The van der Waals surface area contributed by atoms with Gasteiger partial charge in [-0.2, -0.15) is 5.48 Å². The summed E-state index contributed by atoms with van der Waals surface area (Å²) in [5.41, 5.74) is 3.35. The van der Waals surface area contributed by atoms with Gasteiger partial charge in [0.1, 0.15) is 11.6 Å². The zero-order valence-corrected chi connectivity index (χ0v) is 15.7. The van der Waals surface area contributed by atoms with Crippen LogP contribution in [-0.2, 0) is 20.8 Å². The first-order valence-corrected chi connectivity index (χ1v) is 8.95. The molecule has 1 N–H and O–H groups in total. The fourth-order valence-corrected chi connectivity index (χ4v) is 2.98. The summed E-state index contributed by atoms with van der Waals surface area (Å²) in [7, 11) is 1.49. The van der Waals surface area contributed by atoms with Crippen LogP contribution in [0.25, 0.3) is 0 Å². The van der Waals surface area contributed by atoms with Crippen LogP contribution in [0.15, 0.2) is 61.4 Å². The molecule has 0 spiro atoms. The summed E-state index contributed by atoms with van der Waals surface area (Å²) in [5, 5.41) is 0. The zero-order valence-electron chi connectivity index (χ0n) is 15.7. The Kier molecular flexibility index (Phi) is 10.2. The predicted molar refractivity (Wildman–Crippen MR) is 110 cm³/mol. The van der Waals surface area contributed by atoms with Crippen LogP contribution in [0, 0.1) is 11.7 Å². The summed E-state index contributed by atoms with van der Waals surface area (Å²) in [6.45, 7) is 9.14. The second-order valence-corrected chi connectivity index (χ2v) is 6.50. The van der Waals surface area contributed by atoms with Crippen LogP contribution in [0.3, 0.4) is 0 Å². The topological polar surface area (TPSA) is 50.8 Å². The average Bonchev–Trinajstić information content (AvgIpc) is 2.61. The SMILES string of the molecule is C.C=C/C=C(\C=C)OCC1CN(C(=O)CC(Cc2ccccc2F)NOC)C1. The maximum atomic E-state index is 13.9. The van der Waals surface area contributed by atoms with Gasteiger partial charge in [0.05, 0.1) is 13.7 Å². The van der Waals surface area contributed by atoms with Crippen molar-refractivity contribution in [1.29, 1.82) is 0 Å². The molecule has 5 nitrogen and oxygen atoms in total. The number of hydrogen-bond acceptors (Lipinski definition) is 4. The molecule has 1 fully saturated rings. The summed E-state index contributed by atoms with van der Waals surface area (Å²) in [4.78, 5) is 19.2. The molecule has 1 saturated heterocycles. The molecule has 2 rings (SSSR count). The number of halogens is 1. The lowest BCUT2D eigenvalue weighted by molar-refractivity contribution is -0.140. The molecule has 0 aromatic heterocycles. The van der Waals surface area contributed by atoms with Crippen LogP contribution in [0.1, 0.15) is 19.4 Å². The van der Waals surface area contributed by atoms with E-state index in [4.69, 9.17) is 9.57 Å². The molecule has 154 valence electrons. The molecule has 0 radical (unpaired) electrons. The lowest BCUT2D eigenvalue weighted by Gasteiger charge is -2.39. The third-order valence-electron chi connectivity index (χ3n) is 4.41. The van der Waals surface area contributed by atoms with Crippen LogP contribution in [-0.4, -0.2) is 43.7 Å². The van der Waals surface area contributed by atoms with E-state index in [2.05, 4.69) is 18.6 Å². The van der Waals surface area contributed by atoms with E-state index >= 15 is 0 Å². The van der Waals surface area contributed by atoms with E-state index < -0.39 is 0 Å². The molecular formula is C22H31FN2O3. The Morgan fingerprint density at radius 2 is 2.11 bits per heavy atom. The Morgan fingerprint density at radius 1 is 1.39 bits per heavy atom. The molecule has 6 heteroatoms. The van der Waals surface area contributed by atoms with Gasteiger partial charge in [0.2, 0.25) is 5.91 Å². The van der Waals surface area contributed by atoms with Gasteiger partial charge in [-0.3, -0.25) is 4.79 Å². The third-order valence-corrected chi connectivity index (χ3v) is 4.41. The highest BCUT2D eigenvalue weighted by Crippen LogP contribution is 2.20. The first kappa shape index (κ1) is 23.6. The minimum absolute atomic E-state index is 0. The minimum Gasteiger partial charge on any atom is -0.493 e. The summed E-state index contributed by atoms with van der Waals surface area (Å²) in [5.74, 6) is 0.703. The minimum atomic E-state index is -0.294. The Bertz CT molecular complexity index is 684. The molecule has 1 amide bonds. The fourth-order valence-electron chi connectivity index (χ4n) is 2.98. The molecular weight excluding hydrogens is 359 g/mol. The van der Waals surface area contributed by atoms with Gasteiger partial charge in [-0.15, -0.1) is 0 Å². The van der Waals surface area contributed by atoms with E-state index in [9.17, 15) is 9.18 Å². The van der Waals surface area contributed by atoms with Gasteiger partial charge < -0.3 is 14.5 Å². The second kappa shape index (κ2) is 12.1. The predicted octanol–water partition coefficient (Wildman–Crippen LogP) is 3.64. The average molecular weight is 390 g/mol. The van der Waals surface area contributed by atoms with Crippen molar-refractivity contribution >= 4 is 5.91 Å². The summed E-state index contributed by atoms with van der Waals surface area (Å²) < 4.78 is 19.5. The van der Waals surface area contributed by atoms with Crippen molar-refractivity contribution in [2.24, 2.45) is 5.92 Å². The molecule has 1 unspecified atom stereocenters. The number of nitrogens with one attached hydrogen (secondary N) is 1. The Morgan fingerprint density at radius 3 is 2.71 bits per heavy atom. The number of nitrogens with zero attached hydrogens (tertiary/aromatic N) is 1. The van der Waals surface area contributed by atoms with Crippen LogP contribution in [0.2, 0.25) is 0 Å². The Balaban J connectivity index is 0.00000392. The summed E-state index contributed by atoms with van der Waals surface area (Å²) in [6.07, 6.45) is 5.64. The highest BCUT2D eigenvalue weighted by Gasteiger charge is 2.32. The quantitative estimate of drug-likeness (QED) is 0.356. The number of carbonyl (C=O) groups excluding carboxylic acids is 1. The molecule has 1 aromatic rings. The van der Waals surface area contributed by atoms with Crippen molar-refractivity contribution in [3.63, 3.8) is 0 Å². The van der Waals surface area contributed by atoms with Gasteiger partial charge >= 0.3 is 0 Å².